The average Bonchev–Trinajstić information content (AvgIpc) is 2.78. The van der Waals surface area contributed by atoms with E-state index in [1.165, 1.54) is 0 Å². The summed E-state index contributed by atoms with van der Waals surface area (Å²) in [5, 5.41) is 10.2. The molecule has 6 nitrogen and oxygen atoms in total. The van der Waals surface area contributed by atoms with Crippen LogP contribution in [0, 0.1) is 4.77 Å². The van der Waals surface area contributed by atoms with Crippen molar-refractivity contribution in [2.24, 2.45) is 0 Å². The number of hydrogen-bond acceptors (Lipinski definition) is 5. The monoisotopic (exact) mass is 268 g/mol. The molecule has 0 aromatic carbocycles. The lowest BCUT2D eigenvalue weighted by Gasteiger charge is -2.34. The predicted molar refractivity (Wildman–Crippen MR) is 72.9 cm³/mol. The highest BCUT2D eigenvalue weighted by atomic mass is 32.1. The smallest absolute Gasteiger partial charge is 0.238 e. The number of aromatic amines is 1. The van der Waals surface area contributed by atoms with Crippen molar-refractivity contribution in [2.75, 3.05) is 39.3 Å². The van der Waals surface area contributed by atoms with E-state index in [-0.39, 0.29) is 0 Å². The fourth-order valence-corrected chi connectivity index (χ4v) is 2.36. The zero-order valence-electron chi connectivity index (χ0n) is 10.6. The fraction of sp³-hybridized carbons (Fsp3) is 0.727. The maximum Gasteiger partial charge on any atom is 0.238 e. The standard InChI is InChI=1S/C11H20N6S/c1-2-4-15-7-9-16(10-8-15)5-3-6-17-11(18)12-13-14-17/h2H,1,3-10H2,(H,12,14,18). The quantitative estimate of drug-likeness (QED) is 0.602. The van der Waals surface area contributed by atoms with Crippen molar-refractivity contribution < 1.29 is 0 Å². The van der Waals surface area contributed by atoms with Crippen LogP contribution >= 0.6 is 12.2 Å². The molecule has 0 saturated carbocycles. The molecule has 0 unspecified atom stereocenters. The van der Waals surface area contributed by atoms with Crippen molar-refractivity contribution in [3.8, 4) is 0 Å². The first-order chi connectivity index (χ1) is 8.79. The van der Waals surface area contributed by atoms with Crippen molar-refractivity contribution in [1.82, 2.24) is 30.0 Å². The lowest BCUT2D eigenvalue weighted by atomic mass is 10.3. The lowest BCUT2D eigenvalue weighted by molar-refractivity contribution is 0.139. The Hall–Kier alpha value is -1.05. The Morgan fingerprint density at radius 1 is 1.22 bits per heavy atom. The van der Waals surface area contributed by atoms with E-state index >= 15 is 0 Å². The summed E-state index contributed by atoms with van der Waals surface area (Å²) in [4.78, 5) is 4.92. The summed E-state index contributed by atoms with van der Waals surface area (Å²) in [6.07, 6.45) is 3.04. The predicted octanol–water partition coefficient (Wildman–Crippen LogP) is 0.529. The molecular formula is C11H20N6S. The van der Waals surface area contributed by atoms with Crippen molar-refractivity contribution >= 4 is 12.2 Å². The molecule has 0 radical (unpaired) electrons. The van der Waals surface area contributed by atoms with Gasteiger partial charge in [0.05, 0.1) is 0 Å². The molecule has 2 rings (SSSR count). The van der Waals surface area contributed by atoms with Crippen LogP contribution in [0.5, 0.6) is 0 Å². The molecule has 18 heavy (non-hydrogen) atoms. The van der Waals surface area contributed by atoms with Gasteiger partial charge in [-0.25, -0.2) is 4.68 Å². The normalized spacial score (nSPS) is 18.0. The van der Waals surface area contributed by atoms with E-state index < -0.39 is 0 Å². The summed E-state index contributed by atoms with van der Waals surface area (Å²) in [6.45, 7) is 11.3. The molecule has 100 valence electrons. The molecular weight excluding hydrogens is 248 g/mol. The van der Waals surface area contributed by atoms with Gasteiger partial charge in [0, 0.05) is 45.8 Å². The fourth-order valence-electron chi connectivity index (χ4n) is 2.19. The molecule has 1 aliphatic heterocycles. The molecule has 0 spiro atoms. The summed E-state index contributed by atoms with van der Waals surface area (Å²) < 4.78 is 2.34. The SMILES string of the molecule is C=CCN1CCN(CCCn2[nH]nnc2=S)CC1. The van der Waals surface area contributed by atoms with Crippen molar-refractivity contribution in [1.29, 1.82) is 0 Å². The molecule has 0 atom stereocenters. The molecule has 1 aromatic rings. The Kier molecular flexibility index (Phi) is 5.03. The van der Waals surface area contributed by atoms with Crippen LogP contribution in [-0.4, -0.2) is 69.3 Å². The van der Waals surface area contributed by atoms with Crippen molar-refractivity contribution in [3.05, 3.63) is 17.4 Å². The van der Waals surface area contributed by atoms with Gasteiger partial charge in [-0.2, -0.15) is 5.21 Å². The van der Waals surface area contributed by atoms with Gasteiger partial charge in [0.2, 0.25) is 4.77 Å². The molecule has 1 saturated heterocycles. The molecule has 2 heterocycles. The number of H-pyrrole nitrogens is 1. The van der Waals surface area contributed by atoms with Gasteiger partial charge < -0.3 is 4.90 Å². The number of aryl methyl sites for hydroxylation is 1. The number of rotatable bonds is 6. The second kappa shape index (κ2) is 6.77. The van der Waals surface area contributed by atoms with E-state index in [1.807, 2.05) is 10.8 Å². The molecule has 0 aliphatic carbocycles. The van der Waals surface area contributed by atoms with Gasteiger partial charge >= 0.3 is 0 Å². The third-order valence-corrected chi connectivity index (χ3v) is 3.54. The van der Waals surface area contributed by atoms with Crippen molar-refractivity contribution in [2.45, 2.75) is 13.0 Å². The molecule has 1 aromatic heterocycles. The van der Waals surface area contributed by atoms with Gasteiger partial charge in [-0.05, 0) is 18.6 Å². The number of hydrogen-bond donors (Lipinski definition) is 1. The van der Waals surface area contributed by atoms with Gasteiger partial charge in [0.1, 0.15) is 0 Å². The maximum absolute atomic E-state index is 5.03. The van der Waals surface area contributed by atoms with Gasteiger partial charge in [0.15, 0.2) is 0 Å². The number of piperazine rings is 1. The largest absolute Gasteiger partial charge is 0.301 e. The number of nitrogens with zero attached hydrogens (tertiary/aromatic N) is 5. The molecule has 1 aliphatic rings. The molecule has 0 bridgehead atoms. The van der Waals surface area contributed by atoms with Crippen LogP contribution in [0.1, 0.15) is 6.42 Å². The zero-order chi connectivity index (χ0) is 12.8. The van der Waals surface area contributed by atoms with Gasteiger partial charge in [-0.1, -0.05) is 16.4 Å². The summed E-state index contributed by atoms with van der Waals surface area (Å²) >= 11 is 5.03. The van der Waals surface area contributed by atoms with Crippen LogP contribution in [0.15, 0.2) is 12.7 Å². The van der Waals surface area contributed by atoms with E-state index in [2.05, 4.69) is 31.9 Å². The first kappa shape index (κ1) is 13.4. The number of tetrazole rings is 1. The van der Waals surface area contributed by atoms with Gasteiger partial charge in [-0.15, -0.1) is 6.58 Å². The maximum atomic E-state index is 5.03. The second-order valence-corrected chi connectivity index (χ2v) is 4.88. The van der Waals surface area contributed by atoms with Crippen molar-refractivity contribution in [3.63, 3.8) is 0 Å². The summed E-state index contributed by atoms with van der Waals surface area (Å²) in [5.74, 6) is 0. The topological polar surface area (TPSA) is 53.0 Å². The average molecular weight is 268 g/mol. The van der Waals surface area contributed by atoms with Crippen LogP contribution in [0.4, 0.5) is 0 Å². The first-order valence-corrected chi connectivity index (χ1v) is 6.74. The van der Waals surface area contributed by atoms with E-state index in [9.17, 15) is 0 Å². The number of nitrogens with one attached hydrogen (secondary N) is 1. The number of aromatic nitrogens is 4. The van der Waals surface area contributed by atoms with Crippen LogP contribution in [0.2, 0.25) is 0 Å². The van der Waals surface area contributed by atoms with Gasteiger partial charge in [0.25, 0.3) is 0 Å². The third-order valence-electron chi connectivity index (χ3n) is 3.24. The third kappa shape index (κ3) is 3.72. The minimum Gasteiger partial charge on any atom is -0.301 e. The van der Waals surface area contributed by atoms with E-state index in [0.29, 0.717) is 4.77 Å². The van der Waals surface area contributed by atoms with Crippen LogP contribution in [0.3, 0.4) is 0 Å². The highest BCUT2D eigenvalue weighted by Gasteiger charge is 2.14. The Morgan fingerprint density at radius 2 is 1.94 bits per heavy atom. The lowest BCUT2D eigenvalue weighted by Crippen LogP contribution is -2.46. The zero-order valence-corrected chi connectivity index (χ0v) is 11.4. The Bertz CT molecular complexity index is 417. The molecule has 1 fully saturated rings. The van der Waals surface area contributed by atoms with E-state index in [0.717, 1.165) is 52.2 Å². The minimum absolute atomic E-state index is 0.533. The molecule has 1 N–H and O–H groups in total. The van der Waals surface area contributed by atoms with Crippen LogP contribution < -0.4 is 0 Å². The minimum atomic E-state index is 0.533. The van der Waals surface area contributed by atoms with Gasteiger partial charge in [-0.3, -0.25) is 4.90 Å². The highest BCUT2D eigenvalue weighted by Crippen LogP contribution is 2.03. The summed E-state index contributed by atoms with van der Waals surface area (Å²) in [7, 11) is 0. The summed E-state index contributed by atoms with van der Waals surface area (Å²) in [6, 6.07) is 0. The Labute approximate surface area is 112 Å². The molecule has 7 heteroatoms. The highest BCUT2D eigenvalue weighted by molar-refractivity contribution is 7.71. The Morgan fingerprint density at radius 3 is 2.56 bits per heavy atom. The Balaban J connectivity index is 1.65. The van der Waals surface area contributed by atoms with E-state index in [1.54, 1.807) is 0 Å². The van der Waals surface area contributed by atoms with Crippen LogP contribution in [-0.2, 0) is 6.54 Å². The molecule has 0 amide bonds. The second-order valence-electron chi connectivity index (χ2n) is 4.52. The summed E-state index contributed by atoms with van der Waals surface area (Å²) in [5.41, 5.74) is 0. The van der Waals surface area contributed by atoms with Crippen LogP contribution in [0.25, 0.3) is 0 Å². The van der Waals surface area contributed by atoms with E-state index in [4.69, 9.17) is 12.2 Å². The first-order valence-electron chi connectivity index (χ1n) is 6.33.